The Morgan fingerprint density at radius 1 is 0.872 bits per heavy atom. The molecule has 5 nitrogen and oxygen atoms in total. The summed E-state index contributed by atoms with van der Waals surface area (Å²) in [5, 5.41) is 2.08. The molecule has 4 aromatic heterocycles. The van der Waals surface area contributed by atoms with Crippen molar-refractivity contribution < 1.29 is 24.5 Å². The molecule has 0 fully saturated rings. The summed E-state index contributed by atoms with van der Waals surface area (Å²) in [5.41, 5.74) is 11.5. The van der Waals surface area contributed by atoms with E-state index in [-0.39, 0.29) is 31.1 Å². The molecule has 0 saturated carbocycles. The molecule has 0 bridgehead atoms. The molecule has 0 N–H and O–H groups in total. The van der Waals surface area contributed by atoms with Crippen molar-refractivity contribution in [1.29, 1.82) is 0 Å². The Hall–Kier alpha value is -4.38. The molecular weight excluding hydrogens is 757 g/mol. The first-order valence-electron chi connectivity index (χ1n) is 15.8. The zero-order valence-electron chi connectivity index (χ0n) is 27.9. The van der Waals surface area contributed by atoms with Crippen LogP contribution in [0.4, 0.5) is 0 Å². The van der Waals surface area contributed by atoms with E-state index in [1.165, 1.54) is 22.2 Å². The number of aryl methyl sites for hydroxylation is 1. The minimum absolute atomic E-state index is 0. The Balaban J connectivity index is 0.000000163. The van der Waals surface area contributed by atoms with Crippen molar-refractivity contribution in [2.45, 2.75) is 60.4 Å². The number of hydrogen-bond acceptors (Lipinski definition) is 4. The number of rotatable bonds is 3. The van der Waals surface area contributed by atoms with Crippen LogP contribution < -0.4 is 0 Å². The summed E-state index contributed by atoms with van der Waals surface area (Å²) in [6.07, 6.45) is 5.19. The van der Waals surface area contributed by atoms with E-state index < -0.39 is 0 Å². The van der Waals surface area contributed by atoms with E-state index >= 15 is 0 Å². The molecule has 0 spiro atoms. The molecule has 1 aliphatic heterocycles. The van der Waals surface area contributed by atoms with E-state index in [2.05, 4.69) is 117 Å². The van der Waals surface area contributed by atoms with Gasteiger partial charge in [0, 0.05) is 42.9 Å². The Bertz CT molecular complexity index is 2270. The molecule has 47 heavy (non-hydrogen) atoms. The van der Waals surface area contributed by atoms with Gasteiger partial charge >= 0.3 is 0 Å². The molecule has 1 radical (unpaired) electrons. The van der Waals surface area contributed by atoms with Crippen LogP contribution in [0.3, 0.4) is 0 Å². The third kappa shape index (κ3) is 6.20. The van der Waals surface area contributed by atoms with Crippen molar-refractivity contribution in [3.8, 4) is 22.6 Å². The van der Waals surface area contributed by atoms with Crippen LogP contribution in [-0.2, 0) is 32.1 Å². The molecule has 5 heterocycles. The zero-order valence-corrected chi connectivity index (χ0v) is 30.3. The number of nitrogens with zero attached hydrogens (tertiary/aromatic N) is 4. The summed E-state index contributed by atoms with van der Waals surface area (Å²) in [7, 11) is 0. The van der Waals surface area contributed by atoms with Gasteiger partial charge in [-0.2, -0.15) is 0 Å². The number of hydrogen-bond donors (Lipinski definition) is 0. The molecule has 0 aliphatic carbocycles. The number of pyridine rings is 2. The average Bonchev–Trinajstić information content (AvgIpc) is 3.59. The van der Waals surface area contributed by atoms with Gasteiger partial charge in [-0.15, -0.1) is 54.1 Å². The van der Waals surface area contributed by atoms with Crippen LogP contribution in [0.1, 0.15) is 58.4 Å². The van der Waals surface area contributed by atoms with Gasteiger partial charge in [0.2, 0.25) is 5.71 Å². The molecule has 7 aromatic rings. The van der Waals surface area contributed by atoms with Crippen molar-refractivity contribution in [2.24, 2.45) is 5.41 Å². The van der Waals surface area contributed by atoms with Crippen LogP contribution in [-0.4, -0.2) is 19.5 Å². The standard InChI is InChI=1S/C22H21N2O.C19H17N2.Ir/c1-14-8-9-17-16-6-5-7-18(20(16)25-21(17)24-14)19-12-15(10-11-23-19)13-22(2,3)4;1-13-12-19(2,3)21-17-15(13)10-7-11-16(17)20-18(21)14-8-5-4-6-9-14;/h5-6,8-12H,13H2,1-4H3;4-8,10-12H,1-3H3;/q2*-1;. The molecule has 3 aromatic carbocycles. The summed E-state index contributed by atoms with van der Waals surface area (Å²) in [6, 6.07) is 33.3. The van der Waals surface area contributed by atoms with Crippen LogP contribution >= 0.6 is 0 Å². The molecule has 8 rings (SSSR count). The Kier molecular flexibility index (Phi) is 8.54. The smallest absolute Gasteiger partial charge is 0.216 e. The van der Waals surface area contributed by atoms with E-state index in [1.54, 1.807) is 0 Å². The Morgan fingerprint density at radius 2 is 1.70 bits per heavy atom. The van der Waals surface area contributed by atoms with Gasteiger partial charge in [-0.25, -0.2) is 4.98 Å². The first-order chi connectivity index (χ1) is 22.0. The Labute approximate surface area is 290 Å². The van der Waals surface area contributed by atoms with Crippen molar-refractivity contribution in [2.75, 3.05) is 0 Å². The second-order valence-corrected chi connectivity index (χ2v) is 14.0. The van der Waals surface area contributed by atoms with Gasteiger partial charge in [-0.3, -0.25) is 4.98 Å². The maximum Gasteiger partial charge on any atom is 0.216 e. The van der Waals surface area contributed by atoms with E-state index in [4.69, 9.17) is 9.40 Å². The van der Waals surface area contributed by atoms with Crippen LogP contribution in [0.15, 0.2) is 95.6 Å². The molecule has 239 valence electrons. The van der Waals surface area contributed by atoms with E-state index in [9.17, 15) is 0 Å². The molecule has 0 atom stereocenters. The minimum Gasteiger partial charge on any atom is -0.486 e. The van der Waals surface area contributed by atoms with Gasteiger partial charge in [0.15, 0.2) is 0 Å². The van der Waals surface area contributed by atoms with Gasteiger partial charge in [0.1, 0.15) is 0 Å². The summed E-state index contributed by atoms with van der Waals surface area (Å²) in [5.74, 6) is 0.992. The number of aromatic nitrogens is 4. The van der Waals surface area contributed by atoms with Gasteiger partial charge in [0.25, 0.3) is 0 Å². The quantitative estimate of drug-likeness (QED) is 0.167. The number of allylic oxidation sites excluding steroid dienone is 2. The molecule has 0 unspecified atom stereocenters. The van der Waals surface area contributed by atoms with Crippen LogP contribution in [0, 0.1) is 24.5 Å². The second-order valence-electron chi connectivity index (χ2n) is 14.0. The molecule has 0 amide bonds. The van der Waals surface area contributed by atoms with Crippen molar-refractivity contribution in [1.82, 2.24) is 19.5 Å². The maximum atomic E-state index is 6.08. The van der Waals surface area contributed by atoms with Gasteiger partial charge in [-0.05, 0) is 75.1 Å². The molecular formula is C41H38IrN4O-2. The van der Waals surface area contributed by atoms with Gasteiger partial charge in [0.05, 0.1) is 28.0 Å². The predicted molar refractivity (Wildman–Crippen MR) is 188 cm³/mol. The van der Waals surface area contributed by atoms with Gasteiger partial charge in [-0.1, -0.05) is 61.6 Å². The average molecular weight is 795 g/mol. The summed E-state index contributed by atoms with van der Waals surface area (Å²) < 4.78 is 8.42. The van der Waals surface area contributed by atoms with Crippen LogP contribution in [0.2, 0.25) is 0 Å². The number of imidazole rings is 1. The minimum atomic E-state index is -0.0911. The predicted octanol–water partition coefficient (Wildman–Crippen LogP) is 10.4. The Morgan fingerprint density at radius 3 is 2.47 bits per heavy atom. The normalized spacial score (nSPS) is 13.6. The van der Waals surface area contributed by atoms with Gasteiger partial charge < -0.3 is 14.0 Å². The van der Waals surface area contributed by atoms with Crippen LogP contribution in [0.5, 0.6) is 0 Å². The van der Waals surface area contributed by atoms with Crippen molar-refractivity contribution in [3.63, 3.8) is 0 Å². The molecule has 1 aliphatic rings. The summed E-state index contributed by atoms with van der Waals surface area (Å²) in [6.45, 7) is 15.4. The second kappa shape index (κ2) is 12.3. The summed E-state index contributed by atoms with van der Waals surface area (Å²) in [4.78, 5) is 14.0. The number of fused-ring (bicyclic) bond motifs is 3. The number of benzene rings is 3. The monoisotopic (exact) mass is 795 g/mol. The van der Waals surface area contributed by atoms with E-state index in [0.29, 0.717) is 5.71 Å². The van der Waals surface area contributed by atoms with E-state index in [1.807, 2.05) is 49.5 Å². The van der Waals surface area contributed by atoms with Crippen molar-refractivity contribution in [3.05, 3.63) is 120 Å². The summed E-state index contributed by atoms with van der Waals surface area (Å²) >= 11 is 0. The number of furan rings is 1. The number of para-hydroxylation sites is 1. The fourth-order valence-electron chi connectivity index (χ4n) is 6.63. The fourth-order valence-corrected chi connectivity index (χ4v) is 6.63. The van der Waals surface area contributed by atoms with Crippen molar-refractivity contribution >= 4 is 38.7 Å². The largest absolute Gasteiger partial charge is 0.486 e. The third-order valence-corrected chi connectivity index (χ3v) is 8.45. The van der Waals surface area contributed by atoms with Crippen LogP contribution in [0.25, 0.3) is 61.3 Å². The fraction of sp³-hybridized carbons (Fsp3) is 0.244. The third-order valence-electron chi connectivity index (χ3n) is 8.45. The van der Waals surface area contributed by atoms with E-state index in [0.717, 1.165) is 56.6 Å². The molecule has 0 saturated heterocycles. The maximum absolute atomic E-state index is 6.08. The zero-order chi connectivity index (χ0) is 32.2. The first-order valence-corrected chi connectivity index (χ1v) is 15.8. The molecule has 6 heteroatoms. The topological polar surface area (TPSA) is 56.7 Å². The SMILES string of the molecule is CC1=CC(C)(C)n2c(-c3[c-]cccc3)nc3cccc1c32.Cc1ccc2c(n1)oc1c(-c3cc(CC(C)(C)C)ccn3)[c-]ccc12.[Ir]. The first kappa shape index (κ1) is 32.6.